The Labute approximate surface area is 481 Å². The van der Waals surface area contributed by atoms with Crippen molar-refractivity contribution >= 4 is 41.4 Å². The molecule has 0 bridgehead atoms. The first-order valence-corrected chi connectivity index (χ1v) is 29.8. The largest absolute Gasteiger partial charge is 0.480 e. The standard InChI is InChI=1S/C60H95N3O19/c1-27(2)22-32(49(72)73)61-47(70)43-39(66)38(65)42(69)52(80-43)82-45-41(68)40(67)44(48(71)62-33(50(74)75)23-28(3)4)81-53(45)79-37-15-16-58(11)36(55(37,7)8)14-17-60(13)46(58)35(64)25-30-31-26-57(10,19-18-56(31,9)20-21-59(30,60)12)54(78)63-34(51(76)77)24-29(5)6/h25,27-29,31-34,36-46,52-53,65-69H,14-24,26H2,1-13H3,(H,61,70)(H,62,71)(H,63,78)(H,72,73)(H,74,75)(H,76,77). The smallest absolute Gasteiger partial charge is 0.326 e. The molecule has 82 heavy (non-hydrogen) atoms. The minimum absolute atomic E-state index is 0.00513. The summed E-state index contributed by atoms with van der Waals surface area (Å²) in [5.74, 6) is -7.43. The van der Waals surface area contributed by atoms with Gasteiger partial charge >= 0.3 is 17.9 Å². The molecule has 7 aliphatic rings. The molecule has 22 heteroatoms. The number of aliphatic hydroxyl groups excluding tert-OH is 5. The van der Waals surface area contributed by atoms with Gasteiger partial charge in [0, 0.05) is 11.3 Å². The van der Waals surface area contributed by atoms with Crippen molar-refractivity contribution in [3.63, 3.8) is 0 Å². The van der Waals surface area contributed by atoms with Gasteiger partial charge in [-0.05, 0) is 140 Å². The van der Waals surface area contributed by atoms with Crippen molar-refractivity contribution in [3.8, 4) is 0 Å². The van der Waals surface area contributed by atoms with Crippen LogP contribution in [0.2, 0.25) is 0 Å². The Kier molecular flexibility index (Phi) is 19.1. The number of rotatable bonds is 19. The van der Waals surface area contributed by atoms with Crippen molar-refractivity contribution in [1.82, 2.24) is 16.0 Å². The van der Waals surface area contributed by atoms with E-state index in [4.69, 9.17) is 18.9 Å². The van der Waals surface area contributed by atoms with Gasteiger partial charge < -0.3 is 75.8 Å². The zero-order valence-corrected chi connectivity index (χ0v) is 50.2. The quantitative estimate of drug-likeness (QED) is 0.0819. The van der Waals surface area contributed by atoms with E-state index in [2.05, 4.69) is 43.6 Å². The highest BCUT2D eigenvalue weighted by atomic mass is 16.8. The van der Waals surface area contributed by atoms with Crippen molar-refractivity contribution in [2.24, 2.45) is 68.0 Å². The summed E-state index contributed by atoms with van der Waals surface area (Å²) >= 11 is 0. The van der Waals surface area contributed by atoms with Crippen LogP contribution in [0.3, 0.4) is 0 Å². The van der Waals surface area contributed by atoms with Crippen LogP contribution in [0.1, 0.15) is 167 Å². The molecular weight excluding hydrogens is 1070 g/mol. The second kappa shape index (κ2) is 24.0. The maximum absolute atomic E-state index is 15.4. The van der Waals surface area contributed by atoms with E-state index in [9.17, 15) is 69.6 Å². The number of ketones is 1. The summed E-state index contributed by atoms with van der Waals surface area (Å²) in [5.41, 5.74) is -2.40. The maximum atomic E-state index is 15.4. The number of hydrogen-bond acceptors (Lipinski definition) is 16. The minimum Gasteiger partial charge on any atom is -0.480 e. The molecule has 4 saturated carbocycles. The summed E-state index contributed by atoms with van der Waals surface area (Å²) < 4.78 is 25.0. The van der Waals surface area contributed by atoms with Gasteiger partial charge in [-0.25, -0.2) is 14.4 Å². The average Bonchev–Trinajstić information content (AvgIpc) is 2.80. The number of carboxylic acid groups (broad SMARTS) is 3. The van der Waals surface area contributed by atoms with Gasteiger partial charge in [-0.3, -0.25) is 19.2 Å². The highest BCUT2D eigenvalue weighted by Crippen LogP contribution is 2.75. The number of allylic oxidation sites excluding steroid dienone is 2. The van der Waals surface area contributed by atoms with Gasteiger partial charge in [0.15, 0.2) is 30.6 Å². The lowest BCUT2D eigenvalue weighted by Crippen LogP contribution is -2.69. The van der Waals surface area contributed by atoms with E-state index in [-0.39, 0.29) is 59.5 Å². The fraction of sp³-hybridized carbons (Fsp3) is 0.850. The Balaban J connectivity index is 1.18. The first-order chi connectivity index (χ1) is 37.9. The van der Waals surface area contributed by atoms with Crippen molar-refractivity contribution in [2.75, 3.05) is 0 Å². The molecule has 2 saturated heterocycles. The third-order valence-electron chi connectivity index (χ3n) is 21.2. The zero-order valence-electron chi connectivity index (χ0n) is 50.2. The molecule has 0 radical (unpaired) electrons. The minimum atomic E-state index is -2.13. The summed E-state index contributed by atoms with van der Waals surface area (Å²) in [6.07, 6.45) is -13.4. The molecule has 11 N–H and O–H groups in total. The topological polar surface area (TPSA) is 354 Å². The van der Waals surface area contributed by atoms with E-state index in [0.29, 0.717) is 44.9 Å². The monoisotopic (exact) mass is 1160 g/mol. The van der Waals surface area contributed by atoms with Crippen molar-refractivity contribution < 1.29 is 93.4 Å². The number of nitrogens with one attached hydrogen (secondary N) is 3. The first-order valence-electron chi connectivity index (χ1n) is 29.8. The van der Waals surface area contributed by atoms with Gasteiger partial charge in [0.05, 0.1) is 6.10 Å². The van der Waals surface area contributed by atoms with Gasteiger partial charge in [-0.15, -0.1) is 0 Å². The Hall–Kier alpha value is -4.13. The second-order valence-electron chi connectivity index (χ2n) is 28.7. The number of fused-ring (bicyclic) bond motifs is 7. The number of hydrogen-bond donors (Lipinski definition) is 11. The molecule has 0 aromatic carbocycles. The molecule has 2 heterocycles. The van der Waals surface area contributed by atoms with E-state index in [1.54, 1.807) is 27.7 Å². The van der Waals surface area contributed by atoms with Crippen LogP contribution < -0.4 is 16.0 Å². The van der Waals surface area contributed by atoms with E-state index < -0.39 is 148 Å². The molecule has 464 valence electrons. The van der Waals surface area contributed by atoms with Gasteiger partial charge in [0.2, 0.25) is 5.91 Å². The average molecular weight is 1160 g/mol. The van der Waals surface area contributed by atoms with Gasteiger partial charge in [0.1, 0.15) is 54.7 Å². The van der Waals surface area contributed by atoms with Crippen LogP contribution in [0.15, 0.2) is 11.6 Å². The number of ether oxygens (including phenoxy) is 4. The van der Waals surface area contributed by atoms with Crippen LogP contribution in [0.4, 0.5) is 0 Å². The highest BCUT2D eigenvalue weighted by Gasteiger charge is 2.71. The molecule has 0 aromatic heterocycles. The summed E-state index contributed by atoms with van der Waals surface area (Å²) in [4.78, 5) is 93.9. The third-order valence-corrected chi connectivity index (χ3v) is 21.2. The fourth-order valence-corrected chi connectivity index (χ4v) is 16.3. The van der Waals surface area contributed by atoms with Gasteiger partial charge in [0.25, 0.3) is 11.8 Å². The van der Waals surface area contributed by atoms with Crippen LogP contribution in [0.25, 0.3) is 0 Å². The van der Waals surface area contributed by atoms with Crippen LogP contribution in [-0.2, 0) is 52.5 Å². The Morgan fingerprint density at radius 1 is 0.598 bits per heavy atom. The highest BCUT2D eigenvalue weighted by molar-refractivity contribution is 5.96. The molecule has 6 fully saturated rings. The SMILES string of the molecule is CC(C)CC(NC(=O)C1OC(OC2C(OC3CCC4(C)C(CCC5(C)C4C(=O)C=C4C6CC(C)(C(=O)NC(CC(C)C)C(=O)O)CCC6(C)CCC45C)C3(C)C)OC(C(=O)NC(CC(C)C)C(=O)O)C(O)C2O)C(O)C(O)C1O)C(=O)O. The number of carboxylic acids is 3. The molecule has 7 rings (SSSR count). The second-order valence-corrected chi connectivity index (χ2v) is 28.7. The Morgan fingerprint density at radius 2 is 1.09 bits per heavy atom. The molecule has 22 nitrogen and oxygen atoms in total. The lowest BCUT2D eigenvalue weighted by Gasteiger charge is -2.70. The Bertz CT molecular complexity index is 2470. The predicted octanol–water partition coefficient (Wildman–Crippen LogP) is 3.84. The van der Waals surface area contributed by atoms with E-state index >= 15 is 4.79 Å². The lowest BCUT2D eigenvalue weighted by molar-refractivity contribution is -0.369. The molecular formula is C60H95N3O19. The van der Waals surface area contributed by atoms with Crippen LogP contribution in [-0.4, -0.2) is 168 Å². The Morgan fingerprint density at radius 3 is 1.60 bits per heavy atom. The molecule has 3 amide bonds. The summed E-state index contributed by atoms with van der Waals surface area (Å²) in [7, 11) is 0. The number of amides is 3. The molecule has 0 spiro atoms. The molecule has 22 atom stereocenters. The van der Waals surface area contributed by atoms with Crippen LogP contribution >= 0.6 is 0 Å². The van der Waals surface area contributed by atoms with Gasteiger partial charge in [-0.2, -0.15) is 0 Å². The predicted molar refractivity (Wildman–Crippen MR) is 294 cm³/mol. The normalized spacial score (nSPS) is 41.8. The van der Waals surface area contributed by atoms with E-state index in [0.717, 1.165) is 24.8 Å². The molecule has 22 unspecified atom stereocenters. The van der Waals surface area contributed by atoms with Crippen molar-refractivity contribution in [1.29, 1.82) is 0 Å². The number of carbonyl (C=O) groups excluding carboxylic acids is 4. The van der Waals surface area contributed by atoms with Crippen molar-refractivity contribution in [3.05, 3.63) is 11.6 Å². The maximum Gasteiger partial charge on any atom is 0.326 e. The number of aliphatic carboxylic acids is 3. The van der Waals surface area contributed by atoms with Crippen molar-refractivity contribution in [2.45, 2.75) is 253 Å². The van der Waals surface area contributed by atoms with Gasteiger partial charge in [-0.1, -0.05) is 95.6 Å². The summed E-state index contributed by atoms with van der Waals surface area (Å²) in [6.45, 7) is 25.7. The summed E-state index contributed by atoms with van der Waals surface area (Å²) in [6, 6.07) is -3.87. The molecule has 2 aliphatic heterocycles. The number of carbonyl (C=O) groups is 7. The molecule has 5 aliphatic carbocycles. The third kappa shape index (κ3) is 12.0. The first kappa shape index (κ1) is 65.4. The lowest BCUT2D eigenvalue weighted by atomic mass is 9.33. The fourth-order valence-electron chi connectivity index (χ4n) is 16.3. The van der Waals surface area contributed by atoms with Crippen LogP contribution in [0, 0.1) is 68.0 Å². The number of aliphatic hydroxyl groups is 5. The zero-order chi connectivity index (χ0) is 61.3. The van der Waals surface area contributed by atoms with E-state index in [1.807, 2.05) is 40.7 Å². The summed E-state index contributed by atoms with van der Waals surface area (Å²) in [5, 5.41) is 94.5. The molecule has 0 aromatic rings. The van der Waals surface area contributed by atoms with Crippen LogP contribution in [0.5, 0.6) is 0 Å². The van der Waals surface area contributed by atoms with E-state index in [1.165, 1.54) is 0 Å².